The smallest absolute Gasteiger partial charge is 0.0540 e. The van der Waals surface area contributed by atoms with Crippen LogP contribution in [0.2, 0.25) is 0 Å². The highest BCUT2D eigenvalue weighted by Gasteiger charge is 2.22. The largest absolute Gasteiger partial charge is 0.310 e. The molecule has 0 atom stereocenters. The summed E-state index contributed by atoms with van der Waals surface area (Å²) >= 11 is 0. The third-order valence-corrected chi connectivity index (χ3v) is 26.3. The Labute approximate surface area is 834 Å². The van der Waals surface area contributed by atoms with Crippen LogP contribution in [0.4, 0.5) is 85.3 Å². The van der Waals surface area contributed by atoms with E-state index >= 15 is 0 Å². The maximum atomic E-state index is 2.38. The van der Waals surface area contributed by atoms with Crippen LogP contribution in [0.15, 0.2) is 546 Å². The summed E-state index contributed by atoms with van der Waals surface area (Å²) in [4.78, 5) is 11.7. The van der Waals surface area contributed by atoms with Gasteiger partial charge in [0.15, 0.2) is 0 Å². The first-order chi connectivity index (χ1) is 69.7. The monoisotopic (exact) mass is 1830 g/mol. The van der Waals surface area contributed by atoms with Gasteiger partial charge in [0, 0.05) is 84.7 Å². The number of nitrogens with zero attached hydrogens (tertiary/aromatic N) is 5. The Balaban J connectivity index is 0.000000109. The summed E-state index contributed by atoms with van der Waals surface area (Å²) in [5, 5.41) is 17.6. The Bertz CT molecular complexity index is 8140. The fraction of sp³-hybridized carbons (Fsp3) is 0.0511. The molecule has 0 aromatic heterocycles. The van der Waals surface area contributed by atoms with E-state index in [1.165, 1.54) is 176 Å². The van der Waals surface area contributed by atoms with Gasteiger partial charge in [0.1, 0.15) is 0 Å². The number of benzene rings is 24. The van der Waals surface area contributed by atoms with Crippen molar-refractivity contribution in [1.82, 2.24) is 0 Å². The molecular weight excluding hydrogens is 1720 g/mol. The van der Waals surface area contributed by atoms with Crippen LogP contribution in [0.25, 0.3) is 97.7 Å². The minimum atomic E-state index is 1.14. The molecule has 24 aromatic carbocycles. The van der Waals surface area contributed by atoms with Gasteiger partial charge in [-0.15, -0.1) is 0 Å². The van der Waals surface area contributed by atoms with E-state index in [0.29, 0.717) is 0 Å². The second kappa shape index (κ2) is 42.8. The second-order valence-electron chi connectivity index (χ2n) is 36.7. The lowest BCUT2D eigenvalue weighted by atomic mass is 10.0. The lowest BCUT2D eigenvalue weighted by Gasteiger charge is -2.28. The Hall–Kier alpha value is -17.9. The van der Waals surface area contributed by atoms with Gasteiger partial charge < -0.3 is 24.5 Å². The van der Waals surface area contributed by atoms with Crippen LogP contribution in [0.5, 0.6) is 0 Å². The summed E-state index contributed by atoms with van der Waals surface area (Å²) in [5.74, 6) is 0. The van der Waals surface area contributed by atoms with Crippen LogP contribution in [0.3, 0.4) is 0 Å². The molecule has 142 heavy (non-hydrogen) atoms. The molecular formula is C137H111N5. The summed E-state index contributed by atoms with van der Waals surface area (Å²) in [7, 11) is 0. The molecule has 0 aliphatic rings. The lowest BCUT2D eigenvalue weighted by Crippen LogP contribution is -2.11. The molecule has 5 heteroatoms. The van der Waals surface area contributed by atoms with Crippen LogP contribution in [-0.4, -0.2) is 0 Å². The Morgan fingerprint density at radius 1 is 0.106 bits per heavy atom. The van der Waals surface area contributed by atoms with Gasteiger partial charge in [-0.25, -0.2) is 0 Å². The summed E-state index contributed by atoms with van der Waals surface area (Å²) in [5.41, 5.74) is 31.2. The minimum Gasteiger partial charge on any atom is -0.310 e. The van der Waals surface area contributed by atoms with E-state index in [4.69, 9.17) is 0 Å². The second-order valence-corrected chi connectivity index (χ2v) is 36.7. The van der Waals surface area contributed by atoms with Crippen LogP contribution < -0.4 is 24.5 Å². The third kappa shape index (κ3) is 21.3. The molecule has 0 spiro atoms. The molecule has 0 radical (unpaired) electrons. The highest BCUT2D eigenvalue weighted by Crippen LogP contribution is 2.46. The number of anilines is 15. The zero-order chi connectivity index (χ0) is 96.6. The number of hydrogen-bond donors (Lipinski definition) is 0. The Morgan fingerprint density at radius 3 is 0.627 bits per heavy atom. The Kier molecular flexibility index (Phi) is 27.7. The van der Waals surface area contributed by atoms with Gasteiger partial charge in [0.05, 0.1) is 11.4 Å². The molecule has 24 aromatic rings. The number of fused-ring (bicyclic) bond motifs is 7. The van der Waals surface area contributed by atoms with Crippen molar-refractivity contribution in [2.24, 2.45) is 0 Å². The summed E-state index contributed by atoms with van der Waals surface area (Å²) < 4.78 is 0. The minimum absolute atomic E-state index is 1.14. The molecule has 0 unspecified atom stereocenters. The van der Waals surface area contributed by atoms with Gasteiger partial charge >= 0.3 is 0 Å². The van der Waals surface area contributed by atoms with Crippen molar-refractivity contribution >= 4 is 161 Å². The molecule has 0 aliphatic heterocycles. The fourth-order valence-corrected chi connectivity index (χ4v) is 18.9. The summed E-state index contributed by atoms with van der Waals surface area (Å²) in [6, 6.07) is 195. The maximum Gasteiger partial charge on any atom is 0.0540 e. The van der Waals surface area contributed by atoms with E-state index in [1.54, 1.807) is 0 Å². The fourth-order valence-electron chi connectivity index (χ4n) is 18.9. The van der Waals surface area contributed by atoms with Gasteiger partial charge in [0.25, 0.3) is 0 Å². The molecule has 684 valence electrons. The molecule has 0 saturated heterocycles. The first kappa shape index (κ1) is 91.8. The van der Waals surface area contributed by atoms with Crippen molar-refractivity contribution in [3.8, 4) is 22.3 Å². The maximum absolute atomic E-state index is 2.38. The summed E-state index contributed by atoms with van der Waals surface area (Å²) in [6.45, 7) is 14.9. The Morgan fingerprint density at radius 2 is 0.296 bits per heavy atom. The van der Waals surface area contributed by atoms with E-state index in [0.717, 1.165) is 45.5 Å². The first-order valence-electron chi connectivity index (χ1n) is 48.9. The van der Waals surface area contributed by atoms with E-state index in [1.807, 2.05) is 0 Å². The number of rotatable bonds is 17. The van der Waals surface area contributed by atoms with Gasteiger partial charge in [-0.2, -0.15) is 0 Å². The zero-order valence-corrected chi connectivity index (χ0v) is 81.2. The van der Waals surface area contributed by atoms with Gasteiger partial charge in [-0.1, -0.05) is 415 Å². The SMILES string of the molecule is Cc1ccc(N(c2ccc(C)cc2)c2ccc3cc(C)ccc3c2)cc1.Cc1ccc(N(c2cccc(-c3ccccc3)c2)c2cccc(-c3ccccc3)c2)cc1.Cc1ccc(N(c2cccc3ccccc23)c2cccc3ccccc23)cc1.Cc1ccc2cc(N(c3ccc4ccccc4c3)c3ccc4ccccc4c3)ccc2c1.Cc1ccc2cc(N(c3ccccc3)c3ccccc3)ccc2c1. The van der Waals surface area contributed by atoms with E-state index in [2.05, 4.69) is 619 Å². The highest BCUT2D eigenvalue weighted by molar-refractivity contribution is 6.06. The quantitative estimate of drug-likeness (QED) is 0.0900. The van der Waals surface area contributed by atoms with Crippen molar-refractivity contribution in [3.05, 3.63) is 585 Å². The van der Waals surface area contributed by atoms with E-state index < -0.39 is 0 Å². The molecule has 0 aliphatic carbocycles. The average molecular weight is 1830 g/mol. The van der Waals surface area contributed by atoms with Crippen LogP contribution >= 0.6 is 0 Å². The van der Waals surface area contributed by atoms with Gasteiger partial charge in [0.2, 0.25) is 0 Å². The van der Waals surface area contributed by atoms with Crippen molar-refractivity contribution in [1.29, 1.82) is 0 Å². The highest BCUT2D eigenvalue weighted by atomic mass is 15.2. The normalized spacial score (nSPS) is 10.9. The van der Waals surface area contributed by atoms with Crippen LogP contribution in [-0.2, 0) is 0 Å². The topological polar surface area (TPSA) is 16.2 Å². The van der Waals surface area contributed by atoms with Crippen LogP contribution in [0.1, 0.15) is 38.9 Å². The third-order valence-electron chi connectivity index (χ3n) is 26.3. The predicted molar refractivity (Wildman–Crippen MR) is 612 cm³/mol. The lowest BCUT2D eigenvalue weighted by molar-refractivity contribution is 1.27. The van der Waals surface area contributed by atoms with Gasteiger partial charge in [-0.05, 0) is 305 Å². The molecule has 0 saturated carbocycles. The van der Waals surface area contributed by atoms with E-state index in [9.17, 15) is 0 Å². The summed E-state index contributed by atoms with van der Waals surface area (Å²) in [6.07, 6.45) is 0. The van der Waals surface area contributed by atoms with Crippen LogP contribution in [0, 0.1) is 48.5 Å². The molecule has 0 amide bonds. The van der Waals surface area contributed by atoms with Crippen molar-refractivity contribution in [3.63, 3.8) is 0 Å². The molecule has 24 rings (SSSR count). The van der Waals surface area contributed by atoms with E-state index in [-0.39, 0.29) is 0 Å². The van der Waals surface area contributed by atoms with Crippen molar-refractivity contribution < 1.29 is 0 Å². The molecule has 5 nitrogen and oxygen atoms in total. The average Bonchev–Trinajstić information content (AvgIpc) is 0.736. The molecule has 0 N–H and O–H groups in total. The molecule has 0 bridgehead atoms. The number of aryl methyl sites for hydroxylation is 7. The molecule has 0 heterocycles. The predicted octanol–water partition coefficient (Wildman–Crippen LogP) is 39.3. The molecule has 0 fully saturated rings. The van der Waals surface area contributed by atoms with Crippen molar-refractivity contribution in [2.45, 2.75) is 48.5 Å². The number of hydrogen-bond acceptors (Lipinski definition) is 5. The van der Waals surface area contributed by atoms with Gasteiger partial charge in [-0.3, -0.25) is 0 Å². The first-order valence-corrected chi connectivity index (χ1v) is 48.9. The zero-order valence-electron chi connectivity index (χ0n) is 81.2. The van der Waals surface area contributed by atoms with Crippen molar-refractivity contribution in [2.75, 3.05) is 24.5 Å². The number of para-hydroxylation sites is 2. The standard InChI is InChI=1S/C31H23N.C31H25N.C27H21N.C25H23N.C23H19N/c1-22-10-11-28-21-31(17-14-27(28)18-22)32(29-15-12-23-6-2-4-8-25(23)19-29)30-16-13-24-7-3-5-9-26(24)20-30;1-24-18-20-29(21-19-24)32(30-16-8-14-27(22-30)25-10-4-2-5-11-25)31-17-9-15-28(23-31)26-12-6-3-7-13-26;1-20-16-18-23(19-17-20)28(26-14-6-10-21-8-2-4-12-24(21)26)27-15-7-11-22-9-3-5-13-25(22)27;1-18-5-11-23(12-6-18)26(24-13-7-19(2)8-14-24)25-15-10-21-16-20(3)4-9-22(21)17-25;1-18-12-13-20-17-23(15-14-19(20)16-18)24(21-8-4-2-5-9-21)22-10-6-3-7-11-22/h2-21H,1H3;2-23H,1H3;2-19H,1H3;4-17H,1-3H3;2-17H,1H3.